The van der Waals surface area contributed by atoms with E-state index < -0.39 is 16.3 Å². The van der Waals surface area contributed by atoms with E-state index in [9.17, 15) is 9.00 Å². The number of nitrogens with zero attached hydrogens (tertiary/aromatic N) is 1. The smallest absolute Gasteiger partial charge is 0.325 e. The Kier molecular flexibility index (Phi) is 7.12. The van der Waals surface area contributed by atoms with E-state index in [2.05, 4.69) is 10.2 Å². The Morgan fingerprint density at radius 2 is 2.00 bits per heavy atom. The zero-order chi connectivity index (χ0) is 15.2. The Hall–Kier alpha value is -0.460. The first kappa shape index (κ1) is 17.6. The Morgan fingerprint density at radius 1 is 1.40 bits per heavy atom. The maximum absolute atomic E-state index is 12.0. The lowest BCUT2D eigenvalue weighted by Crippen LogP contribution is -2.53. The van der Waals surface area contributed by atoms with Gasteiger partial charge < -0.3 is 9.64 Å². The molecule has 1 rings (SSSR count). The molecule has 0 saturated carbocycles. The van der Waals surface area contributed by atoms with Crippen LogP contribution in [0.1, 0.15) is 33.6 Å². The number of hydrogen-bond acceptors (Lipinski definition) is 5. The predicted molar refractivity (Wildman–Crippen MR) is 82.2 cm³/mol. The van der Waals surface area contributed by atoms with E-state index in [1.54, 1.807) is 0 Å². The summed E-state index contributed by atoms with van der Waals surface area (Å²) in [5, 5.41) is 3.31. The maximum atomic E-state index is 12.0. The molecule has 0 aliphatic carbocycles. The second-order valence-electron chi connectivity index (χ2n) is 5.92. The van der Waals surface area contributed by atoms with Crippen molar-refractivity contribution in [3.8, 4) is 0 Å². The maximum Gasteiger partial charge on any atom is 0.325 e. The highest BCUT2D eigenvalue weighted by molar-refractivity contribution is 7.85. The molecule has 6 heteroatoms. The van der Waals surface area contributed by atoms with E-state index in [0.29, 0.717) is 0 Å². The van der Waals surface area contributed by atoms with Gasteiger partial charge in [0.25, 0.3) is 0 Å². The van der Waals surface area contributed by atoms with Crippen LogP contribution in [0.3, 0.4) is 0 Å². The molecule has 0 spiro atoms. The summed E-state index contributed by atoms with van der Waals surface area (Å²) in [6.07, 6.45) is 1.68. The van der Waals surface area contributed by atoms with E-state index in [1.807, 2.05) is 20.8 Å². The minimum Gasteiger partial charge on any atom is -0.468 e. The third-order valence-corrected chi connectivity index (χ3v) is 4.94. The third-order valence-electron chi connectivity index (χ3n) is 3.66. The van der Waals surface area contributed by atoms with Gasteiger partial charge in [-0.3, -0.25) is 14.3 Å². The molecule has 1 heterocycles. The summed E-state index contributed by atoms with van der Waals surface area (Å²) in [5.74, 6) is 1.35. The largest absolute Gasteiger partial charge is 0.468 e. The second-order valence-corrected chi connectivity index (χ2v) is 7.61. The Balaban J connectivity index is 2.42. The molecule has 0 aromatic carbocycles. The fourth-order valence-corrected chi connectivity index (χ4v) is 3.78. The van der Waals surface area contributed by atoms with Crippen LogP contribution in [0.25, 0.3) is 0 Å². The molecule has 1 aliphatic rings. The molecule has 118 valence electrons. The number of rotatable bonds is 7. The summed E-state index contributed by atoms with van der Waals surface area (Å²) >= 11 is 0. The van der Waals surface area contributed by atoms with Gasteiger partial charge in [0.15, 0.2) is 0 Å². The summed E-state index contributed by atoms with van der Waals surface area (Å²) < 4.78 is 16.2. The van der Waals surface area contributed by atoms with Crippen LogP contribution in [0, 0.1) is 0 Å². The van der Waals surface area contributed by atoms with Crippen LogP contribution in [0.5, 0.6) is 0 Å². The predicted octanol–water partition coefficient (Wildman–Crippen LogP) is 0.761. The number of carbonyl (C=O) groups excluding carboxylic acids is 1. The van der Waals surface area contributed by atoms with Crippen LogP contribution < -0.4 is 5.32 Å². The van der Waals surface area contributed by atoms with Crippen molar-refractivity contribution in [2.45, 2.75) is 45.2 Å². The number of hydrogen-bond donors (Lipinski definition) is 1. The quantitative estimate of drug-likeness (QED) is 0.704. The lowest BCUT2D eigenvalue weighted by molar-refractivity contribution is -0.148. The van der Waals surface area contributed by atoms with Crippen molar-refractivity contribution in [1.29, 1.82) is 0 Å². The molecule has 1 N–H and O–H groups in total. The molecular formula is C14H28N2O3S. The van der Waals surface area contributed by atoms with Gasteiger partial charge in [0.05, 0.1) is 7.11 Å². The Morgan fingerprint density at radius 3 is 2.50 bits per heavy atom. The molecule has 0 amide bonds. The standard InChI is InChI=1S/C14H28N2O3S/c1-12(2)15-14(3,13(17)19-4)6-5-7-16-8-10-20(18)11-9-16/h12,15H,5-11H2,1-4H3. The fourth-order valence-electron chi connectivity index (χ4n) is 2.65. The second kappa shape index (κ2) is 8.10. The summed E-state index contributed by atoms with van der Waals surface area (Å²) in [7, 11) is 0.805. The van der Waals surface area contributed by atoms with Crippen molar-refractivity contribution < 1.29 is 13.7 Å². The van der Waals surface area contributed by atoms with Crippen molar-refractivity contribution in [2.75, 3.05) is 38.2 Å². The summed E-state index contributed by atoms with van der Waals surface area (Å²) in [4.78, 5) is 14.3. The third kappa shape index (κ3) is 5.50. The van der Waals surface area contributed by atoms with Crippen molar-refractivity contribution in [1.82, 2.24) is 10.2 Å². The SMILES string of the molecule is COC(=O)C(C)(CCCN1CCS(=O)CC1)NC(C)C. The molecule has 1 fully saturated rings. The van der Waals surface area contributed by atoms with Crippen LogP contribution in [-0.4, -0.2) is 64.9 Å². The van der Waals surface area contributed by atoms with Gasteiger partial charge in [0, 0.05) is 41.4 Å². The normalized spacial score (nSPS) is 20.9. The molecule has 0 bridgehead atoms. The minimum absolute atomic E-state index is 0.203. The highest BCUT2D eigenvalue weighted by Gasteiger charge is 2.34. The van der Waals surface area contributed by atoms with Crippen LogP contribution in [0.2, 0.25) is 0 Å². The molecule has 1 unspecified atom stereocenters. The van der Waals surface area contributed by atoms with Gasteiger partial charge >= 0.3 is 5.97 Å². The molecule has 1 atom stereocenters. The number of ether oxygens (including phenoxy) is 1. The molecular weight excluding hydrogens is 276 g/mol. The van der Waals surface area contributed by atoms with Crippen LogP contribution >= 0.6 is 0 Å². The first-order chi connectivity index (χ1) is 9.37. The summed E-state index contributed by atoms with van der Waals surface area (Å²) in [6.45, 7) is 8.72. The molecule has 1 aliphatic heterocycles. The van der Waals surface area contributed by atoms with E-state index in [1.165, 1.54) is 7.11 Å². The Bertz CT molecular complexity index is 339. The van der Waals surface area contributed by atoms with E-state index in [-0.39, 0.29) is 12.0 Å². The molecule has 0 radical (unpaired) electrons. The van der Waals surface area contributed by atoms with Gasteiger partial charge in [-0.15, -0.1) is 0 Å². The van der Waals surface area contributed by atoms with Crippen LogP contribution in [-0.2, 0) is 20.3 Å². The lowest BCUT2D eigenvalue weighted by Gasteiger charge is -2.32. The first-order valence-corrected chi connectivity index (χ1v) is 8.79. The average molecular weight is 304 g/mol. The van der Waals surface area contributed by atoms with Crippen LogP contribution in [0.4, 0.5) is 0 Å². The Labute approximate surface area is 124 Å². The highest BCUT2D eigenvalue weighted by Crippen LogP contribution is 2.16. The number of carbonyl (C=O) groups is 1. The fraction of sp³-hybridized carbons (Fsp3) is 0.929. The van der Waals surface area contributed by atoms with E-state index in [4.69, 9.17) is 4.74 Å². The number of nitrogens with one attached hydrogen (secondary N) is 1. The van der Waals surface area contributed by atoms with Gasteiger partial charge in [-0.25, -0.2) is 0 Å². The van der Waals surface area contributed by atoms with E-state index >= 15 is 0 Å². The van der Waals surface area contributed by atoms with Crippen molar-refractivity contribution in [2.24, 2.45) is 0 Å². The van der Waals surface area contributed by atoms with Gasteiger partial charge in [0.2, 0.25) is 0 Å². The van der Waals surface area contributed by atoms with Gasteiger partial charge in [-0.1, -0.05) is 0 Å². The zero-order valence-corrected chi connectivity index (χ0v) is 13.9. The van der Waals surface area contributed by atoms with Gasteiger partial charge in [-0.05, 0) is 40.2 Å². The molecule has 1 saturated heterocycles. The average Bonchev–Trinajstić information content (AvgIpc) is 2.39. The topological polar surface area (TPSA) is 58.6 Å². The molecule has 5 nitrogen and oxygen atoms in total. The minimum atomic E-state index is -0.628. The highest BCUT2D eigenvalue weighted by atomic mass is 32.2. The van der Waals surface area contributed by atoms with Crippen molar-refractivity contribution >= 4 is 16.8 Å². The first-order valence-electron chi connectivity index (χ1n) is 7.31. The van der Waals surface area contributed by atoms with Gasteiger partial charge in [0.1, 0.15) is 5.54 Å². The molecule has 0 aromatic rings. The zero-order valence-electron chi connectivity index (χ0n) is 13.1. The van der Waals surface area contributed by atoms with Crippen molar-refractivity contribution in [3.05, 3.63) is 0 Å². The molecule has 20 heavy (non-hydrogen) atoms. The summed E-state index contributed by atoms with van der Waals surface area (Å²) in [5.41, 5.74) is -0.623. The van der Waals surface area contributed by atoms with Gasteiger partial charge in [-0.2, -0.15) is 0 Å². The lowest BCUT2D eigenvalue weighted by atomic mass is 9.94. The monoisotopic (exact) mass is 304 g/mol. The van der Waals surface area contributed by atoms with Crippen molar-refractivity contribution in [3.63, 3.8) is 0 Å². The number of esters is 1. The molecule has 0 aromatic heterocycles. The van der Waals surface area contributed by atoms with E-state index in [0.717, 1.165) is 44.0 Å². The van der Waals surface area contributed by atoms with Crippen LogP contribution in [0.15, 0.2) is 0 Å². The number of methoxy groups -OCH3 is 1. The summed E-state index contributed by atoms with van der Waals surface area (Å²) in [6, 6.07) is 0.233.